The SMILES string of the molecule is Brc1cncc(CCc2ncco2)c1. The van der Waals surface area contributed by atoms with Gasteiger partial charge >= 0.3 is 0 Å². The summed E-state index contributed by atoms with van der Waals surface area (Å²) in [5.74, 6) is 0.768. The molecule has 2 aromatic rings. The smallest absolute Gasteiger partial charge is 0.194 e. The van der Waals surface area contributed by atoms with Crippen LogP contribution in [-0.2, 0) is 12.8 Å². The minimum atomic E-state index is 0.768. The van der Waals surface area contributed by atoms with Gasteiger partial charge in [0.15, 0.2) is 5.89 Å². The van der Waals surface area contributed by atoms with E-state index >= 15 is 0 Å². The van der Waals surface area contributed by atoms with Crippen molar-refractivity contribution in [1.82, 2.24) is 9.97 Å². The standard InChI is InChI=1S/C10H9BrN2O/c11-9-5-8(6-12-7-9)1-2-10-13-3-4-14-10/h3-7H,1-2H2. The summed E-state index contributed by atoms with van der Waals surface area (Å²) in [4.78, 5) is 8.14. The number of aromatic nitrogens is 2. The van der Waals surface area contributed by atoms with Crippen molar-refractivity contribution in [2.75, 3.05) is 0 Å². The average molecular weight is 253 g/mol. The molecule has 2 rings (SSSR count). The summed E-state index contributed by atoms with van der Waals surface area (Å²) in [6, 6.07) is 2.05. The van der Waals surface area contributed by atoms with Gasteiger partial charge in [-0.05, 0) is 34.0 Å². The summed E-state index contributed by atoms with van der Waals surface area (Å²) in [5, 5.41) is 0. The summed E-state index contributed by atoms with van der Waals surface area (Å²) in [6.07, 6.45) is 8.59. The van der Waals surface area contributed by atoms with E-state index in [1.807, 2.05) is 6.20 Å². The Morgan fingerprint density at radius 3 is 2.93 bits per heavy atom. The first-order chi connectivity index (χ1) is 6.84. The molecule has 0 aromatic carbocycles. The van der Waals surface area contributed by atoms with Crippen molar-refractivity contribution in [1.29, 1.82) is 0 Å². The molecule has 4 heteroatoms. The van der Waals surface area contributed by atoms with Crippen LogP contribution < -0.4 is 0 Å². The first kappa shape index (κ1) is 9.40. The van der Waals surface area contributed by atoms with Crippen molar-refractivity contribution >= 4 is 15.9 Å². The molecule has 72 valence electrons. The van der Waals surface area contributed by atoms with Crippen LogP contribution in [0.4, 0.5) is 0 Å². The molecule has 0 unspecified atom stereocenters. The largest absolute Gasteiger partial charge is 0.449 e. The molecular weight excluding hydrogens is 244 g/mol. The molecule has 3 nitrogen and oxygen atoms in total. The monoisotopic (exact) mass is 252 g/mol. The summed E-state index contributed by atoms with van der Waals surface area (Å²) in [7, 11) is 0. The highest BCUT2D eigenvalue weighted by Gasteiger charge is 1.99. The Labute approximate surface area is 90.3 Å². The van der Waals surface area contributed by atoms with Gasteiger partial charge in [-0.3, -0.25) is 4.98 Å². The number of pyridine rings is 1. The van der Waals surface area contributed by atoms with Crippen LogP contribution in [0.25, 0.3) is 0 Å². The van der Waals surface area contributed by atoms with E-state index < -0.39 is 0 Å². The number of oxazole rings is 1. The first-order valence-corrected chi connectivity index (χ1v) is 5.12. The lowest BCUT2D eigenvalue weighted by Gasteiger charge is -1.98. The third-order valence-electron chi connectivity index (χ3n) is 1.87. The predicted octanol–water partition coefficient (Wildman–Crippen LogP) is 2.62. The zero-order valence-electron chi connectivity index (χ0n) is 7.48. The summed E-state index contributed by atoms with van der Waals surface area (Å²) < 4.78 is 6.14. The number of aryl methyl sites for hydroxylation is 2. The molecular formula is C10H9BrN2O. The van der Waals surface area contributed by atoms with Gasteiger partial charge in [-0.15, -0.1) is 0 Å². The Morgan fingerprint density at radius 1 is 1.29 bits per heavy atom. The minimum absolute atomic E-state index is 0.768. The predicted molar refractivity (Wildman–Crippen MR) is 55.8 cm³/mol. The Kier molecular flexibility index (Phi) is 2.93. The van der Waals surface area contributed by atoms with Crippen LogP contribution in [0.2, 0.25) is 0 Å². The van der Waals surface area contributed by atoms with Gasteiger partial charge < -0.3 is 4.42 Å². The minimum Gasteiger partial charge on any atom is -0.449 e. The summed E-state index contributed by atoms with van der Waals surface area (Å²) >= 11 is 3.38. The molecule has 0 atom stereocenters. The number of halogens is 1. The lowest BCUT2D eigenvalue weighted by atomic mass is 10.2. The van der Waals surface area contributed by atoms with Crippen molar-refractivity contribution in [2.45, 2.75) is 12.8 Å². The van der Waals surface area contributed by atoms with Gasteiger partial charge in [0.1, 0.15) is 6.26 Å². The van der Waals surface area contributed by atoms with Crippen LogP contribution in [-0.4, -0.2) is 9.97 Å². The number of nitrogens with zero attached hydrogens (tertiary/aromatic N) is 2. The highest BCUT2D eigenvalue weighted by molar-refractivity contribution is 9.10. The normalized spacial score (nSPS) is 10.4. The fraction of sp³-hybridized carbons (Fsp3) is 0.200. The molecule has 0 amide bonds. The third-order valence-corrected chi connectivity index (χ3v) is 2.31. The molecule has 0 radical (unpaired) electrons. The van der Waals surface area contributed by atoms with Gasteiger partial charge in [-0.25, -0.2) is 4.98 Å². The van der Waals surface area contributed by atoms with Crippen LogP contribution >= 0.6 is 15.9 Å². The molecule has 0 saturated carbocycles. The van der Waals surface area contributed by atoms with E-state index in [1.165, 1.54) is 5.56 Å². The Bertz CT molecular complexity index is 400. The highest BCUT2D eigenvalue weighted by Crippen LogP contribution is 2.11. The Balaban J connectivity index is 1.98. The van der Waals surface area contributed by atoms with E-state index in [2.05, 4.69) is 32.0 Å². The van der Waals surface area contributed by atoms with Gasteiger partial charge in [0, 0.05) is 23.3 Å². The van der Waals surface area contributed by atoms with Crippen molar-refractivity contribution in [3.63, 3.8) is 0 Å². The van der Waals surface area contributed by atoms with Gasteiger partial charge in [-0.1, -0.05) is 0 Å². The van der Waals surface area contributed by atoms with Crippen molar-refractivity contribution in [3.05, 3.63) is 46.8 Å². The zero-order valence-corrected chi connectivity index (χ0v) is 9.07. The van der Waals surface area contributed by atoms with Gasteiger partial charge in [0.05, 0.1) is 6.20 Å². The van der Waals surface area contributed by atoms with Crippen LogP contribution in [0.15, 0.2) is 39.8 Å². The van der Waals surface area contributed by atoms with Crippen molar-refractivity contribution < 1.29 is 4.42 Å². The molecule has 0 aliphatic rings. The molecule has 2 heterocycles. The van der Waals surface area contributed by atoms with Crippen LogP contribution in [0.3, 0.4) is 0 Å². The second-order valence-electron chi connectivity index (χ2n) is 2.94. The maximum Gasteiger partial charge on any atom is 0.194 e. The van der Waals surface area contributed by atoms with Gasteiger partial charge in [-0.2, -0.15) is 0 Å². The molecule has 14 heavy (non-hydrogen) atoms. The molecule has 0 aliphatic carbocycles. The molecule has 2 aromatic heterocycles. The highest BCUT2D eigenvalue weighted by atomic mass is 79.9. The maximum absolute atomic E-state index is 5.14. The first-order valence-electron chi connectivity index (χ1n) is 4.32. The molecule has 0 saturated heterocycles. The fourth-order valence-electron chi connectivity index (χ4n) is 1.22. The zero-order chi connectivity index (χ0) is 9.80. The third kappa shape index (κ3) is 2.42. The molecule has 0 bridgehead atoms. The number of rotatable bonds is 3. The second-order valence-corrected chi connectivity index (χ2v) is 3.85. The fourth-order valence-corrected chi connectivity index (χ4v) is 1.63. The lowest BCUT2D eigenvalue weighted by Crippen LogP contribution is -1.92. The maximum atomic E-state index is 5.14. The Hall–Kier alpha value is -1.16. The Morgan fingerprint density at radius 2 is 2.21 bits per heavy atom. The lowest BCUT2D eigenvalue weighted by molar-refractivity contribution is 0.493. The number of hydrogen-bond acceptors (Lipinski definition) is 3. The molecule has 0 N–H and O–H groups in total. The van der Waals surface area contributed by atoms with E-state index in [9.17, 15) is 0 Å². The molecule has 0 spiro atoms. The van der Waals surface area contributed by atoms with E-state index in [1.54, 1.807) is 18.7 Å². The van der Waals surface area contributed by atoms with Crippen molar-refractivity contribution in [3.8, 4) is 0 Å². The van der Waals surface area contributed by atoms with Crippen LogP contribution in [0.1, 0.15) is 11.5 Å². The molecule has 0 fully saturated rings. The second kappa shape index (κ2) is 4.37. The van der Waals surface area contributed by atoms with Crippen LogP contribution in [0, 0.1) is 0 Å². The summed E-state index contributed by atoms with van der Waals surface area (Å²) in [5.41, 5.74) is 1.18. The summed E-state index contributed by atoms with van der Waals surface area (Å²) in [6.45, 7) is 0. The van der Waals surface area contributed by atoms with Crippen molar-refractivity contribution in [2.24, 2.45) is 0 Å². The van der Waals surface area contributed by atoms with E-state index in [0.29, 0.717) is 0 Å². The topological polar surface area (TPSA) is 38.9 Å². The number of hydrogen-bond donors (Lipinski definition) is 0. The average Bonchev–Trinajstić information content (AvgIpc) is 2.67. The van der Waals surface area contributed by atoms with Crippen LogP contribution in [0.5, 0.6) is 0 Å². The van der Waals surface area contributed by atoms with Gasteiger partial charge in [0.2, 0.25) is 0 Å². The van der Waals surface area contributed by atoms with E-state index in [0.717, 1.165) is 23.2 Å². The quantitative estimate of drug-likeness (QED) is 0.843. The van der Waals surface area contributed by atoms with Gasteiger partial charge in [0.25, 0.3) is 0 Å². The van der Waals surface area contributed by atoms with E-state index in [4.69, 9.17) is 4.42 Å². The van der Waals surface area contributed by atoms with E-state index in [-0.39, 0.29) is 0 Å². The molecule has 0 aliphatic heterocycles.